The summed E-state index contributed by atoms with van der Waals surface area (Å²) in [5.74, 6) is 1.80. The van der Waals surface area contributed by atoms with Gasteiger partial charge in [-0.1, -0.05) is 44.9 Å². The maximum absolute atomic E-state index is 13.5. The quantitative estimate of drug-likeness (QED) is 0.302. The van der Waals surface area contributed by atoms with E-state index < -0.39 is 0 Å². The van der Waals surface area contributed by atoms with Gasteiger partial charge in [-0.25, -0.2) is 4.99 Å². The smallest absolute Gasteiger partial charge is 0.259 e. The van der Waals surface area contributed by atoms with Crippen LogP contribution >= 0.6 is 11.3 Å². The van der Waals surface area contributed by atoms with Gasteiger partial charge in [-0.3, -0.25) is 4.79 Å². The number of carbonyl (C=O) groups excluding carboxylic acids is 1. The molecule has 1 aliphatic rings. The zero-order valence-corrected chi connectivity index (χ0v) is 22.3. The Balaban J connectivity index is 1.65. The standard InChI is InChI=1S/C30H36N2O3S/c1-4-34-26-18-22(16-17-25(26)35-20-21(2)3)19-31-30-28(29(33)32-23-12-8-7-9-13-23)24-14-10-5-6-11-15-27(24)36-30/h7-9,12-13,16-19,21H,4-6,10-11,14-15,20H2,1-3H3,(H,32,33). The highest BCUT2D eigenvalue weighted by molar-refractivity contribution is 7.16. The Kier molecular flexibility index (Phi) is 9.17. The maximum Gasteiger partial charge on any atom is 0.259 e. The maximum atomic E-state index is 13.5. The molecule has 0 radical (unpaired) electrons. The molecule has 0 saturated carbocycles. The minimum Gasteiger partial charge on any atom is -0.490 e. The van der Waals surface area contributed by atoms with Crippen molar-refractivity contribution in [1.29, 1.82) is 0 Å². The van der Waals surface area contributed by atoms with E-state index in [0.29, 0.717) is 24.9 Å². The number of thiophene rings is 1. The molecular weight excluding hydrogens is 468 g/mol. The number of ether oxygens (including phenoxy) is 2. The molecule has 4 rings (SSSR count). The van der Waals surface area contributed by atoms with Crippen LogP contribution in [0.3, 0.4) is 0 Å². The van der Waals surface area contributed by atoms with Gasteiger partial charge in [-0.15, -0.1) is 11.3 Å². The highest BCUT2D eigenvalue weighted by Gasteiger charge is 2.24. The van der Waals surface area contributed by atoms with Crippen molar-refractivity contribution in [2.75, 3.05) is 18.5 Å². The summed E-state index contributed by atoms with van der Waals surface area (Å²) in [5.41, 5.74) is 3.60. The van der Waals surface area contributed by atoms with Gasteiger partial charge >= 0.3 is 0 Å². The van der Waals surface area contributed by atoms with E-state index in [1.165, 1.54) is 23.3 Å². The third kappa shape index (κ3) is 6.76. The molecule has 0 fully saturated rings. The Morgan fingerprint density at radius 3 is 2.56 bits per heavy atom. The van der Waals surface area contributed by atoms with Crippen molar-refractivity contribution in [3.63, 3.8) is 0 Å². The third-order valence-corrected chi connectivity index (χ3v) is 7.28. The van der Waals surface area contributed by atoms with E-state index in [0.717, 1.165) is 53.2 Å². The Hall–Kier alpha value is -3.12. The van der Waals surface area contributed by atoms with Gasteiger partial charge in [0.2, 0.25) is 0 Å². The summed E-state index contributed by atoms with van der Waals surface area (Å²) in [6.45, 7) is 7.40. The van der Waals surface area contributed by atoms with Crippen LogP contribution in [-0.4, -0.2) is 25.3 Å². The zero-order chi connectivity index (χ0) is 25.3. The molecule has 1 amide bonds. The fourth-order valence-corrected chi connectivity index (χ4v) is 5.56. The van der Waals surface area contributed by atoms with Gasteiger partial charge < -0.3 is 14.8 Å². The predicted molar refractivity (Wildman–Crippen MR) is 150 cm³/mol. The number of nitrogens with zero attached hydrogens (tertiary/aromatic N) is 1. The van der Waals surface area contributed by atoms with Gasteiger partial charge in [0.1, 0.15) is 5.00 Å². The molecule has 5 nitrogen and oxygen atoms in total. The summed E-state index contributed by atoms with van der Waals surface area (Å²) in [4.78, 5) is 19.6. The number of benzene rings is 2. The van der Waals surface area contributed by atoms with Gasteiger partial charge in [0, 0.05) is 16.8 Å². The lowest BCUT2D eigenvalue weighted by Crippen LogP contribution is -2.14. The number of hydrogen-bond donors (Lipinski definition) is 1. The van der Waals surface area contributed by atoms with Crippen molar-refractivity contribution >= 4 is 34.1 Å². The van der Waals surface area contributed by atoms with Crippen molar-refractivity contribution < 1.29 is 14.3 Å². The van der Waals surface area contributed by atoms with Crippen molar-refractivity contribution in [2.45, 2.75) is 59.3 Å². The number of aryl methyl sites for hydroxylation is 1. The van der Waals surface area contributed by atoms with E-state index in [-0.39, 0.29) is 5.91 Å². The van der Waals surface area contributed by atoms with Gasteiger partial charge in [-0.05, 0) is 80.0 Å². The second-order valence-electron chi connectivity index (χ2n) is 9.52. The summed E-state index contributed by atoms with van der Waals surface area (Å²) >= 11 is 1.66. The molecule has 0 spiro atoms. The topological polar surface area (TPSA) is 59.9 Å². The molecule has 3 aromatic rings. The number of hydrogen-bond acceptors (Lipinski definition) is 5. The number of anilines is 1. The number of fused-ring (bicyclic) bond motifs is 1. The lowest BCUT2D eigenvalue weighted by molar-refractivity contribution is 0.102. The van der Waals surface area contributed by atoms with Crippen LogP contribution in [0, 0.1) is 5.92 Å². The zero-order valence-electron chi connectivity index (χ0n) is 21.5. The Morgan fingerprint density at radius 2 is 1.81 bits per heavy atom. The highest BCUT2D eigenvalue weighted by atomic mass is 32.1. The minimum absolute atomic E-state index is 0.0844. The minimum atomic E-state index is -0.0844. The number of rotatable bonds is 9. The Bertz CT molecular complexity index is 1180. The first-order chi connectivity index (χ1) is 17.5. The van der Waals surface area contributed by atoms with Crippen LogP contribution in [0.5, 0.6) is 11.5 Å². The van der Waals surface area contributed by atoms with E-state index in [9.17, 15) is 4.79 Å². The molecule has 36 heavy (non-hydrogen) atoms. The van der Waals surface area contributed by atoms with Crippen molar-refractivity contribution in [3.8, 4) is 11.5 Å². The average molecular weight is 505 g/mol. The largest absolute Gasteiger partial charge is 0.490 e. The second-order valence-corrected chi connectivity index (χ2v) is 10.6. The average Bonchev–Trinajstić information content (AvgIpc) is 3.19. The molecule has 1 aliphatic carbocycles. The summed E-state index contributed by atoms with van der Waals surface area (Å²) in [6.07, 6.45) is 8.48. The van der Waals surface area contributed by atoms with Crippen LogP contribution in [0.2, 0.25) is 0 Å². The van der Waals surface area contributed by atoms with E-state index in [4.69, 9.17) is 14.5 Å². The summed E-state index contributed by atoms with van der Waals surface area (Å²) in [7, 11) is 0. The van der Waals surface area contributed by atoms with Crippen LogP contribution in [0.15, 0.2) is 53.5 Å². The molecule has 0 atom stereocenters. The highest BCUT2D eigenvalue weighted by Crippen LogP contribution is 2.39. The number of para-hydroxylation sites is 1. The number of nitrogens with one attached hydrogen (secondary N) is 1. The first kappa shape index (κ1) is 26.0. The molecule has 1 aromatic heterocycles. The molecular formula is C30H36N2O3S. The van der Waals surface area contributed by atoms with Crippen LogP contribution < -0.4 is 14.8 Å². The van der Waals surface area contributed by atoms with E-state index in [2.05, 4.69) is 19.2 Å². The molecule has 1 heterocycles. The van der Waals surface area contributed by atoms with E-state index in [1.807, 2.05) is 61.7 Å². The van der Waals surface area contributed by atoms with Crippen LogP contribution in [0.4, 0.5) is 10.7 Å². The molecule has 6 heteroatoms. The van der Waals surface area contributed by atoms with E-state index >= 15 is 0 Å². The normalized spacial score (nSPS) is 13.8. The molecule has 0 saturated heterocycles. The number of aliphatic imine (C=N–C) groups is 1. The lowest BCUT2D eigenvalue weighted by atomic mass is 9.96. The molecule has 190 valence electrons. The number of amides is 1. The summed E-state index contributed by atoms with van der Waals surface area (Å²) in [5, 5.41) is 3.85. The fraction of sp³-hybridized carbons (Fsp3) is 0.400. The van der Waals surface area contributed by atoms with Gasteiger partial charge in [0.25, 0.3) is 5.91 Å². The molecule has 2 aromatic carbocycles. The van der Waals surface area contributed by atoms with Gasteiger partial charge in [-0.2, -0.15) is 0 Å². The Labute approximate surface area is 218 Å². The van der Waals surface area contributed by atoms with Crippen molar-refractivity contribution in [2.24, 2.45) is 10.9 Å². The van der Waals surface area contributed by atoms with Gasteiger partial charge in [0.05, 0.1) is 18.8 Å². The predicted octanol–water partition coefficient (Wildman–Crippen LogP) is 7.84. The molecule has 0 aliphatic heterocycles. The molecule has 0 unspecified atom stereocenters. The van der Waals surface area contributed by atoms with Gasteiger partial charge in [0.15, 0.2) is 11.5 Å². The summed E-state index contributed by atoms with van der Waals surface area (Å²) in [6, 6.07) is 15.5. The third-order valence-electron chi connectivity index (χ3n) is 6.08. The molecule has 1 N–H and O–H groups in total. The summed E-state index contributed by atoms with van der Waals surface area (Å²) < 4.78 is 11.8. The SMILES string of the molecule is CCOc1cc(C=Nc2sc3c(c2C(=O)Nc2ccccc2)CCCCCC3)ccc1OCC(C)C. The van der Waals surface area contributed by atoms with Crippen molar-refractivity contribution in [3.05, 3.63) is 70.1 Å². The van der Waals surface area contributed by atoms with Crippen LogP contribution in [-0.2, 0) is 12.8 Å². The fourth-order valence-electron chi connectivity index (χ4n) is 4.33. The first-order valence-corrected chi connectivity index (χ1v) is 13.8. The Morgan fingerprint density at radius 1 is 1.03 bits per heavy atom. The molecule has 0 bridgehead atoms. The van der Waals surface area contributed by atoms with Crippen LogP contribution in [0.25, 0.3) is 0 Å². The number of carbonyl (C=O) groups is 1. The van der Waals surface area contributed by atoms with E-state index in [1.54, 1.807) is 11.3 Å². The van der Waals surface area contributed by atoms with Crippen molar-refractivity contribution in [1.82, 2.24) is 0 Å². The first-order valence-electron chi connectivity index (χ1n) is 13.0. The monoisotopic (exact) mass is 504 g/mol. The lowest BCUT2D eigenvalue weighted by Gasteiger charge is -2.14. The van der Waals surface area contributed by atoms with Crippen LogP contribution in [0.1, 0.15) is 72.8 Å². The second kappa shape index (κ2) is 12.7.